The molecule has 0 fully saturated rings. The predicted molar refractivity (Wildman–Crippen MR) is 72.1 cm³/mol. The van der Waals surface area contributed by atoms with Crippen LogP contribution >= 0.6 is 23.2 Å². The second-order valence-electron chi connectivity index (χ2n) is 3.99. The highest BCUT2D eigenvalue weighted by molar-refractivity contribution is 6.35. The molecular weight excluding hydrogens is 271 g/mol. The standard InChI is InChI=1S/C13H10Cl2N2O/c14-6-12-16-11-3-1-2-10(15)13(11)17(12)7-9-4-5-18-8-9/h1-5,8H,6-7H2. The molecule has 3 aromatic rings. The fourth-order valence-electron chi connectivity index (χ4n) is 2.03. The maximum Gasteiger partial charge on any atom is 0.125 e. The molecule has 0 aliphatic heterocycles. The summed E-state index contributed by atoms with van der Waals surface area (Å²) in [6, 6.07) is 7.59. The Morgan fingerprint density at radius 1 is 1.28 bits per heavy atom. The van der Waals surface area contributed by atoms with E-state index in [1.54, 1.807) is 12.5 Å². The van der Waals surface area contributed by atoms with E-state index in [2.05, 4.69) is 4.98 Å². The Morgan fingerprint density at radius 3 is 2.89 bits per heavy atom. The van der Waals surface area contributed by atoms with Crippen LogP contribution in [0.4, 0.5) is 0 Å². The summed E-state index contributed by atoms with van der Waals surface area (Å²) in [7, 11) is 0. The van der Waals surface area contributed by atoms with Crippen molar-refractivity contribution in [1.29, 1.82) is 0 Å². The number of aromatic nitrogens is 2. The van der Waals surface area contributed by atoms with Gasteiger partial charge in [0, 0.05) is 5.56 Å². The molecule has 0 saturated carbocycles. The largest absolute Gasteiger partial charge is 0.472 e. The van der Waals surface area contributed by atoms with Crippen molar-refractivity contribution in [2.45, 2.75) is 12.4 Å². The molecule has 18 heavy (non-hydrogen) atoms. The van der Waals surface area contributed by atoms with E-state index in [-0.39, 0.29) is 0 Å². The van der Waals surface area contributed by atoms with Crippen molar-refractivity contribution in [3.8, 4) is 0 Å². The molecule has 2 aromatic heterocycles. The molecule has 0 bridgehead atoms. The van der Waals surface area contributed by atoms with E-state index in [1.165, 1.54) is 0 Å². The molecule has 0 spiro atoms. The molecule has 0 aliphatic carbocycles. The lowest BCUT2D eigenvalue weighted by atomic mass is 10.3. The molecular formula is C13H10Cl2N2O. The fourth-order valence-corrected chi connectivity index (χ4v) is 2.50. The van der Waals surface area contributed by atoms with Crippen LogP contribution in [0, 0.1) is 0 Å². The minimum Gasteiger partial charge on any atom is -0.472 e. The lowest BCUT2D eigenvalue weighted by Gasteiger charge is -2.06. The molecule has 0 aliphatic rings. The number of furan rings is 1. The molecule has 0 atom stereocenters. The molecule has 1 aromatic carbocycles. The number of alkyl halides is 1. The lowest BCUT2D eigenvalue weighted by molar-refractivity contribution is 0.562. The third-order valence-electron chi connectivity index (χ3n) is 2.84. The zero-order valence-electron chi connectivity index (χ0n) is 9.44. The van der Waals surface area contributed by atoms with Gasteiger partial charge in [0.25, 0.3) is 0 Å². The van der Waals surface area contributed by atoms with Gasteiger partial charge in [0.1, 0.15) is 5.82 Å². The van der Waals surface area contributed by atoms with Crippen LogP contribution < -0.4 is 0 Å². The van der Waals surface area contributed by atoms with E-state index in [0.29, 0.717) is 17.4 Å². The van der Waals surface area contributed by atoms with Crippen molar-refractivity contribution in [2.75, 3.05) is 0 Å². The van der Waals surface area contributed by atoms with Crippen molar-refractivity contribution in [2.24, 2.45) is 0 Å². The van der Waals surface area contributed by atoms with E-state index in [9.17, 15) is 0 Å². The minimum atomic E-state index is 0.350. The summed E-state index contributed by atoms with van der Waals surface area (Å²) in [5.41, 5.74) is 2.83. The second-order valence-corrected chi connectivity index (χ2v) is 4.66. The number of halogens is 2. The van der Waals surface area contributed by atoms with Crippen LogP contribution in [-0.2, 0) is 12.4 Å². The minimum absolute atomic E-state index is 0.350. The summed E-state index contributed by atoms with van der Waals surface area (Å²) in [4.78, 5) is 4.49. The zero-order valence-corrected chi connectivity index (χ0v) is 10.9. The van der Waals surface area contributed by atoms with Crippen molar-refractivity contribution < 1.29 is 4.42 Å². The number of nitrogens with zero attached hydrogens (tertiary/aromatic N) is 2. The number of para-hydroxylation sites is 1. The highest BCUT2D eigenvalue weighted by Crippen LogP contribution is 2.26. The monoisotopic (exact) mass is 280 g/mol. The zero-order chi connectivity index (χ0) is 12.5. The number of hydrogen-bond donors (Lipinski definition) is 0. The van der Waals surface area contributed by atoms with Crippen molar-refractivity contribution >= 4 is 34.2 Å². The van der Waals surface area contributed by atoms with E-state index in [1.807, 2.05) is 28.8 Å². The van der Waals surface area contributed by atoms with Crippen LogP contribution in [0.2, 0.25) is 5.02 Å². The van der Waals surface area contributed by atoms with Gasteiger partial charge in [0.2, 0.25) is 0 Å². The van der Waals surface area contributed by atoms with Crippen molar-refractivity contribution in [3.05, 3.63) is 53.2 Å². The van der Waals surface area contributed by atoms with Crippen LogP contribution in [0.3, 0.4) is 0 Å². The maximum atomic E-state index is 6.25. The summed E-state index contributed by atoms with van der Waals surface area (Å²) in [6.45, 7) is 0.652. The number of imidazole rings is 1. The quantitative estimate of drug-likeness (QED) is 0.677. The van der Waals surface area contributed by atoms with Crippen LogP contribution in [0.5, 0.6) is 0 Å². The summed E-state index contributed by atoms with van der Waals surface area (Å²) >= 11 is 12.2. The van der Waals surface area contributed by atoms with Gasteiger partial charge in [-0.3, -0.25) is 0 Å². The van der Waals surface area contributed by atoms with Crippen LogP contribution in [0.15, 0.2) is 41.2 Å². The van der Waals surface area contributed by atoms with E-state index in [0.717, 1.165) is 22.4 Å². The molecule has 0 saturated heterocycles. The summed E-state index contributed by atoms with van der Waals surface area (Å²) in [5.74, 6) is 1.16. The van der Waals surface area contributed by atoms with Gasteiger partial charge in [-0.25, -0.2) is 4.98 Å². The summed E-state index contributed by atoms with van der Waals surface area (Å²) in [6.07, 6.45) is 3.36. The first kappa shape index (κ1) is 11.6. The van der Waals surface area contributed by atoms with Gasteiger partial charge in [-0.05, 0) is 18.2 Å². The fraction of sp³-hybridized carbons (Fsp3) is 0.154. The van der Waals surface area contributed by atoms with Gasteiger partial charge >= 0.3 is 0 Å². The average molecular weight is 281 g/mol. The van der Waals surface area contributed by atoms with Crippen LogP contribution in [0.1, 0.15) is 11.4 Å². The number of rotatable bonds is 3. The maximum absolute atomic E-state index is 6.25. The Morgan fingerprint density at radius 2 is 2.17 bits per heavy atom. The SMILES string of the molecule is ClCc1nc2cccc(Cl)c2n1Cc1ccoc1. The molecule has 3 nitrogen and oxygen atoms in total. The van der Waals surface area contributed by atoms with E-state index in [4.69, 9.17) is 27.6 Å². The molecule has 0 amide bonds. The van der Waals surface area contributed by atoms with E-state index < -0.39 is 0 Å². The lowest BCUT2D eigenvalue weighted by Crippen LogP contribution is -2.03. The first-order chi connectivity index (χ1) is 8.79. The Bertz CT molecular complexity index is 674. The normalized spacial score (nSPS) is 11.2. The average Bonchev–Trinajstić information content (AvgIpc) is 2.98. The smallest absolute Gasteiger partial charge is 0.125 e. The topological polar surface area (TPSA) is 31.0 Å². The third kappa shape index (κ3) is 1.89. The molecule has 92 valence electrons. The second kappa shape index (κ2) is 4.67. The van der Waals surface area contributed by atoms with Gasteiger partial charge in [-0.1, -0.05) is 17.7 Å². The molecule has 5 heteroatoms. The van der Waals surface area contributed by atoms with Gasteiger partial charge in [0.05, 0.1) is 41.0 Å². The third-order valence-corrected chi connectivity index (χ3v) is 3.38. The molecule has 3 rings (SSSR count). The summed E-state index contributed by atoms with van der Waals surface area (Å²) < 4.78 is 7.10. The van der Waals surface area contributed by atoms with Crippen molar-refractivity contribution in [3.63, 3.8) is 0 Å². The molecule has 0 radical (unpaired) electrons. The Balaban J connectivity index is 2.19. The molecule has 0 N–H and O–H groups in total. The van der Waals surface area contributed by atoms with Gasteiger partial charge in [0.15, 0.2) is 0 Å². The van der Waals surface area contributed by atoms with Crippen LogP contribution in [-0.4, -0.2) is 9.55 Å². The Labute approximate surface area is 114 Å². The highest BCUT2D eigenvalue weighted by atomic mass is 35.5. The number of hydrogen-bond acceptors (Lipinski definition) is 2. The first-order valence-electron chi connectivity index (χ1n) is 5.50. The van der Waals surface area contributed by atoms with Gasteiger partial charge < -0.3 is 8.98 Å². The highest BCUT2D eigenvalue weighted by Gasteiger charge is 2.13. The Kier molecular flexibility index (Phi) is 3.02. The molecule has 2 heterocycles. The number of benzene rings is 1. The molecule has 0 unspecified atom stereocenters. The van der Waals surface area contributed by atoms with Crippen molar-refractivity contribution in [1.82, 2.24) is 9.55 Å². The number of fused-ring (bicyclic) bond motifs is 1. The first-order valence-corrected chi connectivity index (χ1v) is 6.41. The van der Waals surface area contributed by atoms with Gasteiger partial charge in [-0.15, -0.1) is 11.6 Å². The Hall–Kier alpha value is -1.45. The summed E-state index contributed by atoms with van der Waals surface area (Å²) in [5, 5.41) is 0.680. The predicted octanol–water partition coefficient (Wildman–Crippen LogP) is 4.07. The van der Waals surface area contributed by atoms with Gasteiger partial charge in [-0.2, -0.15) is 0 Å². The van der Waals surface area contributed by atoms with E-state index >= 15 is 0 Å². The van der Waals surface area contributed by atoms with Crippen LogP contribution in [0.25, 0.3) is 11.0 Å².